The van der Waals surface area contributed by atoms with E-state index in [1.54, 1.807) is 0 Å². The number of halogens is 2. The van der Waals surface area contributed by atoms with Crippen LogP contribution in [0.1, 0.15) is 22.6 Å². The molecule has 1 fully saturated rings. The fraction of sp³-hybridized carbons (Fsp3) is 0.471. The number of nitrogens with zero attached hydrogens (tertiary/aromatic N) is 2. The van der Waals surface area contributed by atoms with Gasteiger partial charge < -0.3 is 5.32 Å². The SMILES string of the molecule is Cl.Cl.c1cc(CN2CCNCC2)cc(-c2nc3c(s2)CCC3)c1. The molecule has 1 N–H and O–H groups in total. The van der Waals surface area contributed by atoms with Crippen molar-refractivity contribution in [2.75, 3.05) is 26.2 Å². The molecule has 1 saturated heterocycles. The molecule has 3 nitrogen and oxygen atoms in total. The van der Waals surface area contributed by atoms with Gasteiger partial charge in [0, 0.05) is 43.2 Å². The summed E-state index contributed by atoms with van der Waals surface area (Å²) >= 11 is 1.90. The second kappa shape index (κ2) is 8.45. The first-order valence-electron chi connectivity index (χ1n) is 7.89. The lowest BCUT2D eigenvalue weighted by Gasteiger charge is -2.27. The molecular formula is C17H23Cl2N3S. The fourth-order valence-electron chi connectivity index (χ4n) is 3.24. The van der Waals surface area contributed by atoms with Crippen LogP contribution < -0.4 is 5.32 Å². The maximum absolute atomic E-state index is 4.84. The Kier molecular flexibility index (Phi) is 6.86. The Balaban J connectivity index is 0.000000960. The van der Waals surface area contributed by atoms with Gasteiger partial charge >= 0.3 is 0 Å². The number of aryl methyl sites for hydroxylation is 2. The van der Waals surface area contributed by atoms with E-state index >= 15 is 0 Å². The molecule has 1 aromatic carbocycles. The molecule has 0 radical (unpaired) electrons. The van der Waals surface area contributed by atoms with Gasteiger partial charge in [0.2, 0.25) is 0 Å². The highest BCUT2D eigenvalue weighted by atomic mass is 35.5. The quantitative estimate of drug-likeness (QED) is 0.893. The zero-order chi connectivity index (χ0) is 14.1. The van der Waals surface area contributed by atoms with Crippen LogP contribution in [0.4, 0.5) is 0 Å². The molecule has 2 aliphatic rings. The molecule has 1 aliphatic carbocycles. The highest BCUT2D eigenvalue weighted by molar-refractivity contribution is 7.15. The molecule has 0 atom stereocenters. The van der Waals surface area contributed by atoms with Gasteiger partial charge in [0.25, 0.3) is 0 Å². The van der Waals surface area contributed by atoms with Gasteiger partial charge in [-0.3, -0.25) is 4.90 Å². The average Bonchev–Trinajstić information content (AvgIpc) is 3.10. The summed E-state index contributed by atoms with van der Waals surface area (Å²) in [5, 5.41) is 4.62. The van der Waals surface area contributed by atoms with Crippen LogP contribution >= 0.6 is 36.2 Å². The number of thiazole rings is 1. The number of aromatic nitrogens is 1. The van der Waals surface area contributed by atoms with Crippen molar-refractivity contribution >= 4 is 36.2 Å². The van der Waals surface area contributed by atoms with Crippen molar-refractivity contribution in [3.05, 3.63) is 40.4 Å². The van der Waals surface area contributed by atoms with Gasteiger partial charge in [-0.05, 0) is 30.9 Å². The third-order valence-corrected chi connectivity index (χ3v) is 5.59. The van der Waals surface area contributed by atoms with Gasteiger partial charge in [0.05, 0.1) is 5.69 Å². The monoisotopic (exact) mass is 371 g/mol. The van der Waals surface area contributed by atoms with Gasteiger partial charge in [-0.15, -0.1) is 36.2 Å². The minimum Gasteiger partial charge on any atom is -0.314 e. The number of piperazine rings is 1. The topological polar surface area (TPSA) is 28.2 Å². The van der Waals surface area contributed by atoms with Crippen LogP contribution in [0.15, 0.2) is 24.3 Å². The van der Waals surface area contributed by atoms with E-state index < -0.39 is 0 Å². The smallest absolute Gasteiger partial charge is 0.123 e. The molecule has 1 aliphatic heterocycles. The van der Waals surface area contributed by atoms with Crippen LogP contribution in [0.3, 0.4) is 0 Å². The summed E-state index contributed by atoms with van der Waals surface area (Å²) in [6.07, 6.45) is 3.69. The molecule has 0 unspecified atom stereocenters. The second-order valence-corrected chi connectivity index (χ2v) is 7.05. The predicted molar refractivity (Wildman–Crippen MR) is 102 cm³/mol. The minimum absolute atomic E-state index is 0. The normalized spacial score (nSPS) is 17.2. The Bertz CT molecular complexity index is 617. The van der Waals surface area contributed by atoms with Crippen LogP contribution in [0, 0.1) is 0 Å². The van der Waals surface area contributed by atoms with Gasteiger partial charge in [-0.1, -0.05) is 18.2 Å². The molecule has 0 bridgehead atoms. The molecule has 0 saturated carbocycles. The Hall–Kier alpha value is -0.650. The highest BCUT2D eigenvalue weighted by Crippen LogP contribution is 2.33. The Morgan fingerprint density at radius 3 is 2.74 bits per heavy atom. The summed E-state index contributed by atoms with van der Waals surface area (Å²) in [6, 6.07) is 8.96. The minimum atomic E-state index is 0. The van der Waals surface area contributed by atoms with Gasteiger partial charge in [0.15, 0.2) is 0 Å². The first-order chi connectivity index (χ1) is 10.4. The van der Waals surface area contributed by atoms with Crippen LogP contribution in [0.5, 0.6) is 0 Å². The molecular weight excluding hydrogens is 349 g/mol. The number of benzene rings is 1. The molecule has 23 heavy (non-hydrogen) atoms. The van der Waals surface area contributed by atoms with Crippen molar-refractivity contribution in [1.29, 1.82) is 0 Å². The van der Waals surface area contributed by atoms with E-state index in [2.05, 4.69) is 34.5 Å². The lowest BCUT2D eigenvalue weighted by molar-refractivity contribution is 0.233. The average molecular weight is 372 g/mol. The number of rotatable bonds is 3. The fourth-order valence-corrected chi connectivity index (χ4v) is 4.39. The summed E-state index contributed by atoms with van der Waals surface area (Å²) in [5.41, 5.74) is 4.05. The van der Waals surface area contributed by atoms with Crippen molar-refractivity contribution in [3.63, 3.8) is 0 Å². The second-order valence-electron chi connectivity index (χ2n) is 5.97. The zero-order valence-corrected chi connectivity index (χ0v) is 15.5. The summed E-state index contributed by atoms with van der Waals surface area (Å²) in [6.45, 7) is 5.57. The van der Waals surface area contributed by atoms with E-state index in [0.29, 0.717) is 0 Å². The molecule has 126 valence electrons. The van der Waals surface area contributed by atoms with Crippen molar-refractivity contribution in [2.45, 2.75) is 25.8 Å². The Morgan fingerprint density at radius 1 is 1.13 bits per heavy atom. The van der Waals surface area contributed by atoms with Gasteiger partial charge in [0.1, 0.15) is 5.01 Å². The van der Waals surface area contributed by atoms with Crippen LogP contribution in [0.25, 0.3) is 10.6 Å². The first-order valence-corrected chi connectivity index (χ1v) is 8.71. The largest absolute Gasteiger partial charge is 0.314 e. The van der Waals surface area contributed by atoms with Gasteiger partial charge in [-0.25, -0.2) is 4.98 Å². The van der Waals surface area contributed by atoms with E-state index in [1.807, 2.05) is 11.3 Å². The predicted octanol–water partition coefficient (Wildman–Crippen LogP) is 3.55. The third kappa shape index (κ3) is 4.25. The number of hydrogen-bond donors (Lipinski definition) is 1. The third-order valence-electron chi connectivity index (χ3n) is 4.39. The van der Waals surface area contributed by atoms with Crippen LogP contribution in [-0.4, -0.2) is 36.1 Å². The van der Waals surface area contributed by atoms with E-state index in [-0.39, 0.29) is 24.8 Å². The summed E-state index contributed by atoms with van der Waals surface area (Å²) in [4.78, 5) is 8.88. The van der Waals surface area contributed by atoms with Crippen molar-refractivity contribution in [2.24, 2.45) is 0 Å². The molecule has 4 rings (SSSR count). The van der Waals surface area contributed by atoms with E-state index in [4.69, 9.17) is 4.98 Å². The maximum atomic E-state index is 4.84. The molecule has 6 heteroatoms. The maximum Gasteiger partial charge on any atom is 0.123 e. The van der Waals surface area contributed by atoms with Crippen LogP contribution in [-0.2, 0) is 19.4 Å². The first kappa shape index (κ1) is 18.7. The highest BCUT2D eigenvalue weighted by Gasteiger charge is 2.17. The van der Waals surface area contributed by atoms with Crippen molar-refractivity contribution in [1.82, 2.24) is 15.2 Å². The Morgan fingerprint density at radius 2 is 1.96 bits per heavy atom. The summed E-state index contributed by atoms with van der Waals surface area (Å²) in [7, 11) is 0. The molecule has 0 spiro atoms. The lowest BCUT2D eigenvalue weighted by atomic mass is 10.1. The van der Waals surface area contributed by atoms with E-state index in [0.717, 1.165) is 32.7 Å². The number of nitrogens with one attached hydrogen (secondary N) is 1. The number of fused-ring (bicyclic) bond motifs is 1. The van der Waals surface area contributed by atoms with E-state index in [9.17, 15) is 0 Å². The summed E-state index contributed by atoms with van der Waals surface area (Å²) < 4.78 is 0. The molecule has 0 amide bonds. The Labute approximate surface area is 154 Å². The zero-order valence-electron chi connectivity index (χ0n) is 13.1. The summed E-state index contributed by atoms with van der Waals surface area (Å²) in [5.74, 6) is 0. The van der Waals surface area contributed by atoms with E-state index in [1.165, 1.54) is 46.0 Å². The standard InChI is InChI=1S/C17H21N3S.2ClH/c1-3-13(12-20-9-7-18-8-10-20)11-14(4-1)17-19-15-5-2-6-16(15)21-17;;/h1,3-4,11,18H,2,5-10,12H2;2*1H. The number of hydrogen-bond acceptors (Lipinski definition) is 4. The lowest BCUT2D eigenvalue weighted by Crippen LogP contribution is -2.42. The van der Waals surface area contributed by atoms with Gasteiger partial charge in [-0.2, -0.15) is 0 Å². The van der Waals surface area contributed by atoms with Crippen molar-refractivity contribution in [3.8, 4) is 10.6 Å². The van der Waals surface area contributed by atoms with Crippen LogP contribution in [0.2, 0.25) is 0 Å². The molecule has 2 aromatic rings. The molecule has 2 heterocycles. The molecule has 1 aromatic heterocycles. The van der Waals surface area contributed by atoms with Crippen molar-refractivity contribution < 1.29 is 0 Å².